The van der Waals surface area contributed by atoms with Gasteiger partial charge < -0.3 is 10.1 Å². The number of aryl methyl sites for hydroxylation is 1. The minimum Gasteiger partial charge on any atom is -0.495 e. The van der Waals surface area contributed by atoms with Gasteiger partial charge in [-0.1, -0.05) is 42.3 Å². The molecule has 24 heavy (non-hydrogen) atoms. The zero-order valence-corrected chi connectivity index (χ0v) is 15.5. The highest BCUT2D eigenvalue weighted by Crippen LogP contribution is 2.43. The SMILES string of the molecule is CCc1ccc(NC(=O)c2sc3c(Cl)c(OC)ccc3c2Cl)cc1. The first-order valence-electron chi connectivity index (χ1n) is 7.40. The number of methoxy groups -OCH3 is 1. The summed E-state index contributed by atoms with van der Waals surface area (Å²) < 4.78 is 5.95. The molecule has 0 saturated carbocycles. The molecule has 3 aromatic rings. The Hall–Kier alpha value is -1.75. The van der Waals surface area contributed by atoms with E-state index < -0.39 is 0 Å². The molecule has 0 aliphatic carbocycles. The first-order valence-corrected chi connectivity index (χ1v) is 8.97. The number of halogens is 2. The Bertz CT molecular complexity index is 904. The van der Waals surface area contributed by atoms with Crippen LogP contribution in [0.2, 0.25) is 10.0 Å². The average molecular weight is 380 g/mol. The van der Waals surface area contributed by atoms with Gasteiger partial charge >= 0.3 is 0 Å². The molecule has 0 bridgehead atoms. The van der Waals surface area contributed by atoms with Crippen LogP contribution in [0.5, 0.6) is 5.75 Å². The van der Waals surface area contributed by atoms with Crippen molar-refractivity contribution in [3.05, 3.63) is 56.9 Å². The summed E-state index contributed by atoms with van der Waals surface area (Å²) in [5, 5.41) is 4.49. The van der Waals surface area contributed by atoms with Gasteiger partial charge in [-0.2, -0.15) is 0 Å². The molecule has 0 aliphatic heterocycles. The Balaban J connectivity index is 1.94. The van der Waals surface area contributed by atoms with E-state index in [9.17, 15) is 4.79 Å². The largest absolute Gasteiger partial charge is 0.495 e. The summed E-state index contributed by atoms with van der Waals surface area (Å²) in [4.78, 5) is 13.0. The number of hydrogen-bond donors (Lipinski definition) is 1. The van der Waals surface area contributed by atoms with Crippen molar-refractivity contribution in [3.63, 3.8) is 0 Å². The zero-order valence-electron chi connectivity index (χ0n) is 13.2. The second-order valence-corrected chi connectivity index (χ2v) is 6.98. The second kappa shape index (κ2) is 7.01. The number of rotatable bonds is 4. The van der Waals surface area contributed by atoms with Gasteiger partial charge in [-0.3, -0.25) is 4.79 Å². The van der Waals surface area contributed by atoms with Crippen LogP contribution in [0.4, 0.5) is 5.69 Å². The van der Waals surface area contributed by atoms with Gasteiger partial charge in [-0.25, -0.2) is 0 Å². The summed E-state index contributed by atoms with van der Waals surface area (Å²) in [6, 6.07) is 11.3. The number of nitrogens with one attached hydrogen (secondary N) is 1. The van der Waals surface area contributed by atoms with Gasteiger partial charge in [-0.05, 0) is 36.2 Å². The lowest BCUT2D eigenvalue weighted by Crippen LogP contribution is -2.10. The number of benzene rings is 2. The van der Waals surface area contributed by atoms with Crippen LogP contribution in [0.15, 0.2) is 36.4 Å². The second-order valence-electron chi connectivity index (χ2n) is 5.21. The molecule has 0 atom stereocenters. The molecule has 2 aromatic carbocycles. The van der Waals surface area contributed by atoms with E-state index in [0.717, 1.165) is 22.2 Å². The summed E-state index contributed by atoms with van der Waals surface area (Å²) >= 11 is 14.0. The highest BCUT2D eigenvalue weighted by Gasteiger charge is 2.20. The lowest BCUT2D eigenvalue weighted by molar-refractivity contribution is 0.103. The summed E-state index contributed by atoms with van der Waals surface area (Å²) in [6.45, 7) is 2.09. The van der Waals surface area contributed by atoms with Crippen molar-refractivity contribution in [3.8, 4) is 5.75 Å². The molecule has 1 aromatic heterocycles. The predicted molar refractivity (Wildman–Crippen MR) is 102 cm³/mol. The fourth-order valence-corrected chi connectivity index (χ4v) is 4.19. The Morgan fingerprint density at radius 3 is 2.46 bits per heavy atom. The molecule has 0 spiro atoms. The van der Waals surface area contributed by atoms with Crippen LogP contribution in [-0.4, -0.2) is 13.0 Å². The molecule has 0 fully saturated rings. The summed E-state index contributed by atoms with van der Waals surface area (Å²) in [6.07, 6.45) is 0.955. The molecule has 3 nitrogen and oxygen atoms in total. The Morgan fingerprint density at radius 2 is 1.83 bits per heavy atom. The first-order chi connectivity index (χ1) is 11.5. The lowest BCUT2D eigenvalue weighted by Gasteiger charge is -2.05. The van der Waals surface area contributed by atoms with Crippen LogP contribution >= 0.6 is 34.5 Å². The predicted octanol–water partition coefficient (Wildman–Crippen LogP) is 6.03. The van der Waals surface area contributed by atoms with E-state index in [2.05, 4.69) is 12.2 Å². The van der Waals surface area contributed by atoms with Gasteiger partial charge in [0.25, 0.3) is 5.91 Å². The van der Waals surface area contributed by atoms with Crippen molar-refractivity contribution >= 4 is 56.2 Å². The maximum Gasteiger partial charge on any atom is 0.267 e. The van der Waals surface area contributed by atoms with Crippen molar-refractivity contribution in [2.45, 2.75) is 13.3 Å². The minimum absolute atomic E-state index is 0.250. The highest BCUT2D eigenvalue weighted by molar-refractivity contribution is 7.22. The molecule has 1 heterocycles. The van der Waals surface area contributed by atoms with Gasteiger partial charge in [0.05, 0.1) is 16.8 Å². The van der Waals surface area contributed by atoms with E-state index in [1.54, 1.807) is 13.2 Å². The van der Waals surface area contributed by atoms with E-state index in [0.29, 0.717) is 20.7 Å². The van der Waals surface area contributed by atoms with Gasteiger partial charge in [0.1, 0.15) is 15.6 Å². The van der Waals surface area contributed by atoms with Crippen LogP contribution in [0.25, 0.3) is 10.1 Å². The van der Waals surface area contributed by atoms with E-state index in [1.807, 2.05) is 30.3 Å². The molecular formula is C18H15Cl2NO2S. The number of fused-ring (bicyclic) bond motifs is 1. The quantitative estimate of drug-likeness (QED) is 0.600. The number of amides is 1. The number of anilines is 1. The number of ether oxygens (including phenoxy) is 1. The average Bonchev–Trinajstić information content (AvgIpc) is 2.94. The maximum absolute atomic E-state index is 12.6. The summed E-state index contributed by atoms with van der Waals surface area (Å²) in [7, 11) is 1.55. The normalized spacial score (nSPS) is 10.8. The molecule has 1 N–H and O–H groups in total. The van der Waals surface area contributed by atoms with Crippen LogP contribution in [0.1, 0.15) is 22.2 Å². The van der Waals surface area contributed by atoms with Crippen molar-refractivity contribution in [1.29, 1.82) is 0 Å². The lowest BCUT2D eigenvalue weighted by atomic mass is 10.1. The van der Waals surface area contributed by atoms with E-state index in [-0.39, 0.29) is 5.91 Å². The monoisotopic (exact) mass is 379 g/mol. The van der Waals surface area contributed by atoms with Crippen molar-refractivity contribution in [1.82, 2.24) is 0 Å². The van der Waals surface area contributed by atoms with Gasteiger partial charge in [0, 0.05) is 11.1 Å². The summed E-state index contributed by atoms with van der Waals surface area (Å²) in [5.74, 6) is 0.310. The van der Waals surface area contributed by atoms with Crippen LogP contribution in [-0.2, 0) is 6.42 Å². The molecule has 6 heteroatoms. The van der Waals surface area contributed by atoms with E-state index in [4.69, 9.17) is 27.9 Å². The molecule has 3 rings (SSSR count). The van der Waals surface area contributed by atoms with E-state index >= 15 is 0 Å². The van der Waals surface area contributed by atoms with Gasteiger partial charge in [0.2, 0.25) is 0 Å². The fraction of sp³-hybridized carbons (Fsp3) is 0.167. The number of thiophene rings is 1. The summed E-state index contributed by atoms with van der Waals surface area (Å²) in [5.41, 5.74) is 1.95. The number of carbonyl (C=O) groups is 1. The molecule has 1 amide bonds. The Labute approximate surface area is 154 Å². The van der Waals surface area contributed by atoms with Crippen LogP contribution < -0.4 is 10.1 Å². The number of hydrogen-bond acceptors (Lipinski definition) is 3. The molecule has 124 valence electrons. The van der Waals surface area contributed by atoms with Gasteiger partial charge in [-0.15, -0.1) is 11.3 Å². The van der Waals surface area contributed by atoms with Crippen molar-refractivity contribution < 1.29 is 9.53 Å². The topological polar surface area (TPSA) is 38.3 Å². The highest BCUT2D eigenvalue weighted by atomic mass is 35.5. The third-order valence-electron chi connectivity index (χ3n) is 3.75. The Morgan fingerprint density at radius 1 is 1.12 bits per heavy atom. The maximum atomic E-state index is 12.6. The molecular weight excluding hydrogens is 365 g/mol. The minimum atomic E-state index is -0.250. The molecule has 0 saturated heterocycles. The zero-order chi connectivity index (χ0) is 17.3. The first kappa shape index (κ1) is 17.1. The van der Waals surface area contributed by atoms with Gasteiger partial charge in [0.15, 0.2) is 0 Å². The standard InChI is InChI=1S/C18H15Cl2NO2S/c1-3-10-4-6-11(7-5-10)21-18(22)17-14(19)12-8-9-13(23-2)15(20)16(12)24-17/h4-9H,3H2,1-2H3,(H,21,22). The van der Waals surface area contributed by atoms with Crippen LogP contribution in [0.3, 0.4) is 0 Å². The fourth-order valence-electron chi connectivity index (χ4n) is 2.40. The molecule has 0 unspecified atom stereocenters. The molecule has 0 radical (unpaired) electrons. The van der Waals surface area contributed by atoms with E-state index in [1.165, 1.54) is 16.9 Å². The third kappa shape index (κ3) is 3.09. The number of carbonyl (C=O) groups excluding carboxylic acids is 1. The third-order valence-corrected chi connectivity index (χ3v) is 5.96. The van der Waals surface area contributed by atoms with Crippen molar-refractivity contribution in [2.75, 3.05) is 12.4 Å². The Kier molecular flexibility index (Phi) is 4.99. The van der Waals surface area contributed by atoms with Crippen molar-refractivity contribution in [2.24, 2.45) is 0 Å². The van der Waals surface area contributed by atoms with Crippen LogP contribution in [0, 0.1) is 0 Å². The smallest absolute Gasteiger partial charge is 0.267 e. The molecule has 0 aliphatic rings.